The van der Waals surface area contributed by atoms with E-state index in [9.17, 15) is 0 Å². The van der Waals surface area contributed by atoms with Crippen LogP contribution in [0.1, 0.15) is 32.6 Å². The van der Waals surface area contributed by atoms with Crippen LogP contribution in [-0.2, 0) is 4.74 Å². The number of anilines is 2. The van der Waals surface area contributed by atoms with Crippen molar-refractivity contribution in [2.24, 2.45) is 0 Å². The van der Waals surface area contributed by atoms with Crippen molar-refractivity contribution in [3.63, 3.8) is 0 Å². The molecule has 0 amide bonds. The fraction of sp³-hybridized carbons (Fsp3) is 0.643. The van der Waals surface area contributed by atoms with Crippen LogP contribution in [0.25, 0.3) is 0 Å². The summed E-state index contributed by atoms with van der Waals surface area (Å²) >= 11 is 0. The van der Waals surface area contributed by atoms with Crippen molar-refractivity contribution < 1.29 is 4.74 Å². The van der Waals surface area contributed by atoms with Gasteiger partial charge < -0.3 is 15.4 Å². The minimum Gasteiger partial charge on any atom is -0.384 e. The van der Waals surface area contributed by atoms with Crippen molar-refractivity contribution in [2.45, 2.75) is 38.7 Å². The van der Waals surface area contributed by atoms with Gasteiger partial charge in [-0.1, -0.05) is 0 Å². The van der Waals surface area contributed by atoms with E-state index in [1.807, 2.05) is 12.4 Å². The zero-order valence-corrected chi connectivity index (χ0v) is 11.1. The molecule has 1 aromatic rings. The first-order valence-corrected chi connectivity index (χ1v) is 6.93. The van der Waals surface area contributed by atoms with Crippen LogP contribution in [0.15, 0.2) is 18.5 Å². The van der Waals surface area contributed by atoms with Gasteiger partial charge in [0.1, 0.15) is 0 Å². The zero-order chi connectivity index (χ0) is 12.6. The highest BCUT2D eigenvalue weighted by molar-refractivity contribution is 5.53. The van der Waals surface area contributed by atoms with Crippen molar-refractivity contribution in [2.75, 3.05) is 30.3 Å². The Hall–Kier alpha value is -1.29. The summed E-state index contributed by atoms with van der Waals surface area (Å²) in [6, 6.07) is 2.10. The third kappa shape index (κ3) is 4.18. The van der Waals surface area contributed by atoms with Gasteiger partial charge in [0.05, 0.1) is 29.9 Å². The lowest BCUT2D eigenvalue weighted by molar-refractivity contribution is 0.0134. The molecule has 1 fully saturated rings. The third-order valence-electron chi connectivity index (χ3n) is 3.19. The molecule has 0 aliphatic carbocycles. The number of nitrogens with zero attached hydrogens (tertiary/aromatic N) is 1. The molecule has 2 heterocycles. The van der Waals surface area contributed by atoms with E-state index in [0.29, 0.717) is 6.10 Å². The van der Waals surface area contributed by atoms with Gasteiger partial charge in [-0.25, -0.2) is 0 Å². The summed E-state index contributed by atoms with van der Waals surface area (Å²) in [5, 5.41) is 6.67. The molecule has 2 rings (SSSR count). The summed E-state index contributed by atoms with van der Waals surface area (Å²) in [7, 11) is 0. The summed E-state index contributed by atoms with van der Waals surface area (Å²) in [6.07, 6.45) is 8.96. The van der Waals surface area contributed by atoms with Crippen molar-refractivity contribution in [1.29, 1.82) is 0 Å². The molecule has 4 heteroatoms. The van der Waals surface area contributed by atoms with Crippen LogP contribution in [0.4, 0.5) is 11.4 Å². The Morgan fingerprint density at radius 2 is 2.11 bits per heavy atom. The van der Waals surface area contributed by atoms with Gasteiger partial charge in [0.25, 0.3) is 0 Å². The molecule has 1 unspecified atom stereocenters. The number of aromatic nitrogens is 1. The Kier molecular flexibility index (Phi) is 5.27. The second kappa shape index (κ2) is 7.21. The monoisotopic (exact) mass is 249 g/mol. The molecule has 1 aromatic heterocycles. The molecule has 1 aliphatic heterocycles. The van der Waals surface area contributed by atoms with Gasteiger partial charge in [0.2, 0.25) is 0 Å². The minimum absolute atomic E-state index is 0.441. The van der Waals surface area contributed by atoms with E-state index in [2.05, 4.69) is 28.6 Å². The molecule has 0 aromatic carbocycles. The summed E-state index contributed by atoms with van der Waals surface area (Å²) in [4.78, 5) is 4.21. The molecule has 1 aliphatic rings. The molecule has 100 valence electrons. The van der Waals surface area contributed by atoms with Crippen LogP contribution in [0.5, 0.6) is 0 Å². The largest absolute Gasteiger partial charge is 0.384 e. The number of ether oxygens (including phenoxy) is 1. The summed E-state index contributed by atoms with van der Waals surface area (Å²) in [6.45, 7) is 4.88. The number of pyridine rings is 1. The molecule has 4 nitrogen and oxygen atoms in total. The van der Waals surface area contributed by atoms with Crippen LogP contribution in [-0.4, -0.2) is 30.8 Å². The molecular weight excluding hydrogens is 226 g/mol. The predicted octanol–water partition coefficient (Wildman–Crippen LogP) is 2.88. The van der Waals surface area contributed by atoms with E-state index >= 15 is 0 Å². The van der Waals surface area contributed by atoms with Crippen LogP contribution >= 0.6 is 0 Å². The average Bonchev–Trinajstić information content (AvgIpc) is 2.41. The second-order valence-corrected chi connectivity index (χ2v) is 4.70. The highest BCUT2D eigenvalue weighted by Crippen LogP contribution is 2.17. The average molecular weight is 249 g/mol. The predicted molar refractivity (Wildman–Crippen MR) is 75.1 cm³/mol. The molecule has 2 N–H and O–H groups in total. The fourth-order valence-corrected chi connectivity index (χ4v) is 2.25. The van der Waals surface area contributed by atoms with Gasteiger partial charge in [-0.15, -0.1) is 0 Å². The Morgan fingerprint density at radius 1 is 1.28 bits per heavy atom. The van der Waals surface area contributed by atoms with Crippen LogP contribution in [0, 0.1) is 0 Å². The zero-order valence-electron chi connectivity index (χ0n) is 11.1. The SMILES string of the molecule is CCNc1cncc(NCCC2CCCCO2)c1. The molecule has 0 radical (unpaired) electrons. The first-order valence-electron chi connectivity index (χ1n) is 6.93. The van der Waals surface area contributed by atoms with Crippen molar-refractivity contribution in [1.82, 2.24) is 4.98 Å². The van der Waals surface area contributed by atoms with Crippen LogP contribution < -0.4 is 10.6 Å². The minimum atomic E-state index is 0.441. The topological polar surface area (TPSA) is 46.2 Å². The normalized spacial score (nSPS) is 19.5. The Labute approximate surface area is 109 Å². The fourth-order valence-electron chi connectivity index (χ4n) is 2.25. The summed E-state index contributed by atoms with van der Waals surface area (Å²) < 4.78 is 5.71. The quantitative estimate of drug-likeness (QED) is 0.814. The van der Waals surface area contributed by atoms with Crippen molar-refractivity contribution in [3.05, 3.63) is 18.5 Å². The lowest BCUT2D eigenvalue weighted by Gasteiger charge is -2.22. The standard InChI is InChI=1S/C14H23N3O/c1-2-16-12-9-13(11-15-10-12)17-7-6-14-5-3-4-8-18-14/h9-11,14,16-17H,2-8H2,1H3. The van der Waals surface area contributed by atoms with E-state index in [1.54, 1.807) is 0 Å². The number of rotatable bonds is 6. The lowest BCUT2D eigenvalue weighted by Crippen LogP contribution is -2.22. The maximum atomic E-state index is 5.71. The molecule has 0 spiro atoms. The van der Waals surface area contributed by atoms with Gasteiger partial charge in [-0.05, 0) is 38.7 Å². The lowest BCUT2D eigenvalue weighted by atomic mass is 10.1. The number of hydrogen-bond donors (Lipinski definition) is 2. The number of nitrogens with one attached hydrogen (secondary N) is 2. The molecule has 1 atom stereocenters. The molecule has 0 bridgehead atoms. The Morgan fingerprint density at radius 3 is 2.83 bits per heavy atom. The maximum absolute atomic E-state index is 5.71. The Bertz CT molecular complexity index is 351. The van der Waals surface area contributed by atoms with Gasteiger partial charge in [-0.2, -0.15) is 0 Å². The highest BCUT2D eigenvalue weighted by Gasteiger charge is 2.12. The smallest absolute Gasteiger partial charge is 0.0591 e. The van der Waals surface area contributed by atoms with Crippen LogP contribution in [0.3, 0.4) is 0 Å². The Balaban J connectivity index is 1.73. The van der Waals surface area contributed by atoms with Gasteiger partial charge in [-0.3, -0.25) is 4.98 Å². The summed E-state index contributed by atoms with van der Waals surface area (Å²) in [5.74, 6) is 0. The van der Waals surface area contributed by atoms with E-state index in [4.69, 9.17) is 4.74 Å². The third-order valence-corrected chi connectivity index (χ3v) is 3.19. The summed E-state index contributed by atoms with van der Waals surface area (Å²) in [5.41, 5.74) is 2.14. The van der Waals surface area contributed by atoms with E-state index in [0.717, 1.165) is 37.5 Å². The van der Waals surface area contributed by atoms with Gasteiger partial charge >= 0.3 is 0 Å². The molecule has 18 heavy (non-hydrogen) atoms. The first kappa shape index (κ1) is 13.1. The van der Waals surface area contributed by atoms with Gasteiger partial charge in [0, 0.05) is 19.7 Å². The molecule has 1 saturated heterocycles. The van der Waals surface area contributed by atoms with Crippen LogP contribution in [0.2, 0.25) is 0 Å². The molecule has 0 saturated carbocycles. The first-order chi connectivity index (χ1) is 8.88. The van der Waals surface area contributed by atoms with E-state index in [-0.39, 0.29) is 0 Å². The maximum Gasteiger partial charge on any atom is 0.0591 e. The van der Waals surface area contributed by atoms with E-state index in [1.165, 1.54) is 19.3 Å². The highest BCUT2D eigenvalue weighted by atomic mass is 16.5. The second-order valence-electron chi connectivity index (χ2n) is 4.70. The van der Waals surface area contributed by atoms with Gasteiger partial charge in [0.15, 0.2) is 0 Å². The number of hydrogen-bond acceptors (Lipinski definition) is 4. The molecular formula is C14H23N3O. The van der Waals surface area contributed by atoms with Crippen molar-refractivity contribution in [3.8, 4) is 0 Å². The van der Waals surface area contributed by atoms with Crippen molar-refractivity contribution >= 4 is 11.4 Å². The van der Waals surface area contributed by atoms with E-state index < -0.39 is 0 Å².